The number of carbonyl (C=O) groups is 1. The molecule has 1 amide bonds. The van der Waals surface area contributed by atoms with Crippen molar-refractivity contribution in [1.29, 1.82) is 0 Å². The van der Waals surface area contributed by atoms with E-state index >= 15 is 0 Å². The molecule has 7 nitrogen and oxygen atoms in total. The highest BCUT2D eigenvalue weighted by molar-refractivity contribution is 7.19. The van der Waals surface area contributed by atoms with Gasteiger partial charge in [-0.25, -0.2) is 9.97 Å². The maximum absolute atomic E-state index is 13.2. The van der Waals surface area contributed by atoms with E-state index < -0.39 is 5.41 Å². The Balaban J connectivity index is 1.27. The lowest BCUT2D eigenvalue weighted by atomic mass is 9.74. The SMILES string of the molecule is CC1(C(=O)NCc2ccccc2)CCc2c(sc3ncnc(Nc4ccc5[nH]c(=O)sc5c4)c23)C1. The minimum atomic E-state index is -0.458. The smallest absolute Gasteiger partial charge is 0.305 e. The number of thiophene rings is 1. The fourth-order valence-electron chi connectivity index (χ4n) is 4.73. The monoisotopic (exact) mass is 501 g/mol. The van der Waals surface area contributed by atoms with Crippen LogP contribution in [0.2, 0.25) is 0 Å². The quantitative estimate of drug-likeness (QED) is 0.309. The van der Waals surface area contributed by atoms with Gasteiger partial charge in [0.05, 0.1) is 21.0 Å². The van der Waals surface area contributed by atoms with Gasteiger partial charge in [-0.3, -0.25) is 9.59 Å². The minimum absolute atomic E-state index is 0.0654. The second-order valence-electron chi connectivity index (χ2n) is 9.16. The molecule has 0 fully saturated rings. The zero-order valence-electron chi connectivity index (χ0n) is 19.1. The number of nitrogens with zero attached hydrogens (tertiary/aromatic N) is 2. The zero-order chi connectivity index (χ0) is 24.0. The zero-order valence-corrected chi connectivity index (χ0v) is 20.7. The van der Waals surface area contributed by atoms with Gasteiger partial charge in [-0.1, -0.05) is 48.6 Å². The molecule has 3 N–H and O–H groups in total. The third-order valence-electron chi connectivity index (χ3n) is 6.68. The predicted octanol–water partition coefficient (Wildman–Crippen LogP) is 5.15. The van der Waals surface area contributed by atoms with Crippen molar-refractivity contribution >= 4 is 60.5 Å². The van der Waals surface area contributed by atoms with E-state index in [1.165, 1.54) is 21.8 Å². The molecular weight excluding hydrogens is 478 g/mol. The van der Waals surface area contributed by atoms with E-state index in [0.29, 0.717) is 13.0 Å². The third-order valence-corrected chi connectivity index (χ3v) is 8.66. The number of hydrogen-bond acceptors (Lipinski definition) is 7. The van der Waals surface area contributed by atoms with Crippen molar-refractivity contribution in [3.05, 3.63) is 80.5 Å². The fraction of sp³-hybridized carbons (Fsp3) is 0.231. The average molecular weight is 502 g/mol. The van der Waals surface area contributed by atoms with Crippen molar-refractivity contribution in [2.75, 3.05) is 5.32 Å². The summed E-state index contributed by atoms with van der Waals surface area (Å²) in [5.41, 5.74) is 3.57. The molecule has 2 aromatic carbocycles. The normalized spacial score (nSPS) is 17.4. The number of carbonyl (C=O) groups excluding carboxylic acids is 1. The Bertz CT molecular complexity index is 1620. The lowest BCUT2D eigenvalue weighted by Gasteiger charge is -2.32. The van der Waals surface area contributed by atoms with Gasteiger partial charge in [-0.05, 0) is 48.6 Å². The van der Waals surface area contributed by atoms with E-state index in [-0.39, 0.29) is 10.8 Å². The molecule has 0 spiro atoms. The molecule has 0 saturated heterocycles. The number of amides is 1. The molecule has 1 aliphatic carbocycles. The Morgan fingerprint density at radius 2 is 2.00 bits per heavy atom. The Morgan fingerprint density at radius 1 is 1.14 bits per heavy atom. The molecule has 0 radical (unpaired) electrons. The number of aryl methyl sites for hydroxylation is 1. The van der Waals surface area contributed by atoms with Gasteiger partial charge < -0.3 is 15.6 Å². The van der Waals surface area contributed by atoms with Gasteiger partial charge in [0, 0.05) is 17.1 Å². The van der Waals surface area contributed by atoms with Crippen LogP contribution in [-0.4, -0.2) is 20.9 Å². The highest BCUT2D eigenvalue weighted by atomic mass is 32.1. The van der Waals surface area contributed by atoms with E-state index in [2.05, 4.69) is 32.5 Å². The van der Waals surface area contributed by atoms with Crippen LogP contribution in [-0.2, 0) is 24.2 Å². The van der Waals surface area contributed by atoms with E-state index in [9.17, 15) is 9.59 Å². The average Bonchev–Trinajstić information content (AvgIpc) is 3.41. The highest BCUT2D eigenvalue weighted by Gasteiger charge is 2.38. The summed E-state index contributed by atoms with van der Waals surface area (Å²) >= 11 is 2.84. The molecule has 0 saturated carbocycles. The van der Waals surface area contributed by atoms with Crippen LogP contribution >= 0.6 is 22.7 Å². The standard InChI is InChI=1S/C26H23N5O2S2/c1-26(24(32)27-13-15-5-3-2-4-6-15)10-9-17-20(12-26)34-23-21(17)22(28-14-29-23)30-16-7-8-18-19(11-16)35-25(33)31-18/h2-8,11,14H,9-10,12-13H2,1H3,(H,27,32)(H,31,33)(H,28,29,30). The second-order valence-corrected chi connectivity index (χ2v) is 11.3. The number of thiazole rings is 1. The topological polar surface area (TPSA) is 99.8 Å². The van der Waals surface area contributed by atoms with E-state index in [1.54, 1.807) is 17.7 Å². The summed E-state index contributed by atoms with van der Waals surface area (Å²) in [5.74, 6) is 0.847. The van der Waals surface area contributed by atoms with Crippen LogP contribution in [0, 0.1) is 5.41 Å². The van der Waals surface area contributed by atoms with Crippen LogP contribution in [0.3, 0.4) is 0 Å². The summed E-state index contributed by atoms with van der Waals surface area (Å²) in [7, 11) is 0. The first-order valence-corrected chi connectivity index (χ1v) is 13.1. The predicted molar refractivity (Wildman–Crippen MR) is 142 cm³/mol. The molecule has 1 atom stereocenters. The Kier molecular flexibility index (Phi) is 5.38. The number of hydrogen-bond donors (Lipinski definition) is 3. The minimum Gasteiger partial charge on any atom is -0.352 e. The van der Waals surface area contributed by atoms with Crippen molar-refractivity contribution in [2.45, 2.75) is 32.7 Å². The third kappa shape index (κ3) is 4.11. The van der Waals surface area contributed by atoms with E-state index in [1.807, 2.05) is 48.5 Å². The summed E-state index contributed by atoms with van der Waals surface area (Å²) in [4.78, 5) is 38.8. The fourth-order valence-corrected chi connectivity index (χ4v) is 6.88. The van der Waals surface area contributed by atoms with Crippen molar-refractivity contribution in [3.8, 4) is 0 Å². The number of rotatable bonds is 5. The molecule has 0 aliphatic heterocycles. The van der Waals surface area contributed by atoms with Crippen molar-refractivity contribution < 1.29 is 4.79 Å². The first-order valence-electron chi connectivity index (χ1n) is 11.5. The Morgan fingerprint density at radius 3 is 2.86 bits per heavy atom. The largest absolute Gasteiger partial charge is 0.352 e. The van der Waals surface area contributed by atoms with Gasteiger partial charge in [0.15, 0.2) is 0 Å². The van der Waals surface area contributed by atoms with Gasteiger partial charge in [0.25, 0.3) is 0 Å². The van der Waals surface area contributed by atoms with Gasteiger partial charge in [0.2, 0.25) is 5.91 Å². The molecular formula is C26H23N5O2S2. The van der Waals surface area contributed by atoms with Crippen LogP contribution in [0.4, 0.5) is 11.5 Å². The van der Waals surface area contributed by atoms with Crippen molar-refractivity contribution in [2.24, 2.45) is 5.41 Å². The number of aromatic nitrogens is 3. The Labute approximate surface area is 209 Å². The molecule has 176 valence electrons. The number of benzene rings is 2. The molecule has 3 aromatic heterocycles. The van der Waals surface area contributed by atoms with Gasteiger partial charge in [0.1, 0.15) is 17.0 Å². The van der Waals surface area contributed by atoms with Gasteiger partial charge in [-0.2, -0.15) is 0 Å². The van der Waals surface area contributed by atoms with Crippen molar-refractivity contribution in [3.63, 3.8) is 0 Å². The molecule has 0 bridgehead atoms. The first-order chi connectivity index (χ1) is 17.0. The van der Waals surface area contributed by atoms with Gasteiger partial charge >= 0.3 is 4.87 Å². The number of anilines is 2. The summed E-state index contributed by atoms with van der Waals surface area (Å²) in [6.45, 7) is 2.59. The molecule has 1 aliphatic rings. The van der Waals surface area contributed by atoms with Crippen LogP contribution < -0.4 is 15.5 Å². The summed E-state index contributed by atoms with van der Waals surface area (Å²) in [6, 6.07) is 15.8. The summed E-state index contributed by atoms with van der Waals surface area (Å²) < 4.78 is 0.898. The Hall–Kier alpha value is -3.56. The molecule has 9 heteroatoms. The highest BCUT2D eigenvalue weighted by Crippen LogP contribution is 2.44. The maximum atomic E-state index is 13.2. The summed E-state index contributed by atoms with van der Waals surface area (Å²) in [5, 5.41) is 7.60. The number of aromatic amines is 1. The molecule has 35 heavy (non-hydrogen) atoms. The maximum Gasteiger partial charge on any atom is 0.305 e. The first kappa shape index (κ1) is 21.9. The van der Waals surface area contributed by atoms with Crippen LogP contribution in [0.15, 0.2) is 59.7 Å². The molecule has 6 rings (SSSR count). The molecule has 5 aromatic rings. The molecule has 1 unspecified atom stereocenters. The lowest BCUT2D eigenvalue weighted by molar-refractivity contribution is -0.130. The number of nitrogens with one attached hydrogen (secondary N) is 3. The van der Waals surface area contributed by atoms with Crippen LogP contribution in [0.1, 0.15) is 29.3 Å². The second kappa shape index (κ2) is 8.58. The van der Waals surface area contributed by atoms with Crippen LogP contribution in [0.5, 0.6) is 0 Å². The van der Waals surface area contributed by atoms with Crippen LogP contribution in [0.25, 0.3) is 20.4 Å². The van der Waals surface area contributed by atoms with Crippen molar-refractivity contribution in [1.82, 2.24) is 20.3 Å². The molecule has 3 heterocycles. The van der Waals surface area contributed by atoms with E-state index in [4.69, 9.17) is 0 Å². The lowest BCUT2D eigenvalue weighted by Crippen LogP contribution is -2.42. The number of fused-ring (bicyclic) bond motifs is 4. The van der Waals surface area contributed by atoms with Gasteiger partial charge in [-0.15, -0.1) is 11.3 Å². The number of H-pyrrole nitrogens is 1. The van der Waals surface area contributed by atoms with E-state index in [0.717, 1.165) is 50.3 Å². The summed E-state index contributed by atoms with van der Waals surface area (Å²) in [6.07, 6.45) is 3.83.